The van der Waals surface area contributed by atoms with Gasteiger partial charge in [0, 0.05) is 0 Å². The Labute approximate surface area is 88.1 Å². The van der Waals surface area contributed by atoms with Gasteiger partial charge in [-0.3, -0.25) is 9.11 Å². The highest BCUT2D eigenvalue weighted by Crippen LogP contribution is 2.05. The maximum Gasteiger partial charge on any atom is 0.294 e. The Kier molecular flexibility index (Phi) is 4.88. The fourth-order valence-electron chi connectivity index (χ4n) is 0.592. The molecule has 86 valence electrons. The highest BCUT2D eigenvalue weighted by molar-refractivity contribution is 7.85. The monoisotopic (exact) mass is 254 g/mol. The van der Waals surface area contributed by atoms with Crippen LogP contribution in [0.15, 0.2) is 35.2 Å². The Morgan fingerprint density at radius 1 is 0.933 bits per heavy atom. The van der Waals surface area contributed by atoms with Gasteiger partial charge >= 0.3 is 0 Å². The average Bonchev–Trinajstić information content (AvgIpc) is 2.01. The molecular weight excluding hydrogens is 244 g/mol. The van der Waals surface area contributed by atoms with Gasteiger partial charge in [0.25, 0.3) is 20.2 Å². The standard InChI is InChI=1S/C6H6O3S.CH4O3S/c7-10(8,9)6-4-2-1-3-5-6;1-5(2,3)4/h1-5H,(H,7,8,9);1H3,(H,2,3,4). The first kappa shape index (κ1) is 14.0. The van der Waals surface area contributed by atoms with E-state index >= 15 is 0 Å². The van der Waals surface area contributed by atoms with Crippen LogP contribution in [-0.4, -0.2) is 32.2 Å². The lowest BCUT2D eigenvalue weighted by Gasteiger charge is -1.92. The van der Waals surface area contributed by atoms with E-state index in [1.807, 2.05) is 0 Å². The van der Waals surface area contributed by atoms with E-state index in [-0.39, 0.29) is 4.90 Å². The molecule has 0 radical (unpaired) electrons. The first-order valence-corrected chi connectivity index (χ1v) is 6.84. The van der Waals surface area contributed by atoms with Gasteiger partial charge in [-0.25, -0.2) is 0 Å². The maximum absolute atomic E-state index is 10.4. The molecule has 1 aromatic rings. The summed E-state index contributed by atoms with van der Waals surface area (Å²) in [5, 5.41) is 0. The van der Waals surface area contributed by atoms with Crippen LogP contribution in [0.4, 0.5) is 0 Å². The van der Waals surface area contributed by atoms with Crippen LogP contribution >= 0.6 is 0 Å². The van der Waals surface area contributed by atoms with E-state index < -0.39 is 20.2 Å². The van der Waals surface area contributed by atoms with E-state index in [4.69, 9.17) is 9.11 Å². The number of hydrogen-bond acceptors (Lipinski definition) is 4. The molecule has 1 rings (SSSR count). The molecule has 0 bridgehead atoms. The summed E-state index contributed by atoms with van der Waals surface area (Å²) >= 11 is 0. The molecule has 2 N–H and O–H groups in total. The van der Waals surface area contributed by atoms with Crippen molar-refractivity contribution in [2.75, 3.05) is 6.26 Å². The van der Waals surface area contributed by atoms with Crippen LogP contribution in [0.3, 0.4) is 0 Å². The minimum absolute atomic E-state index is 0.0741. The molecule has 0 aromatic heterocycles. The van der Waals surface area contributed by atoms with Crippen LogP contribution in [0.25, 0.3) is 0 Å². The van der Waals surface area contributed by atoms with Crippen LogP contribution in [0.1, 0.15) is 0 Å². The van der Waals surface area contributed by atoms with Gasteiger partial charge in [0.2, 0.25) is 0 Å². The van der Waals surface area contributed by atoms with Crippen molar-refractivity contribution in [2.24, 2.45) is 0 Å². The Hall–Kier alpha value is -0.960. The molecule has 1 aromatic carbocycles. The van der Waals surface area contributed by atoms with E-state index in [2.05, 4.69) is 0 Å². The quantitative estimate of drug-likeness (QED) is 0.704. The zero-order valence-electron chi connectivity index (χ0n) is 7.73. The number of hydrogen-bond donors (Lipinski definition) is 2. The van der Waals surface area contributed by atoms with Gasteiger partial charge in [-0.05, 0) is 12.1 Å². The molecular formula is C7H10O6S2. The summed E-state index contributed by atoms with van der Waals surface area (Å²) in [6.45, 7) is 0. The molecule has 0 aliphatic heterocycles. The summed E-state index contributed by atoms with van der Waals surface area (Å²) in [5.41, 5.74) is 0. The topological polar surface area (TPSA) is 109 Å². The molecule has 6 nitrogen and oxygen atoms in total. The minimum atomic E-state index is -4.00. The van der Waals surface area contributed by atoms with E-state index in [0.717, 1.165) is 0 Å². The fraction of sp³-hybridized carbons (Fsp3) is 0.143. The lowest BCUT2D eigenvalue weighted by Crippen LogP contribution is -1.96. The molecule has 0 aliphatic rings. The van der Waals surface area contributed by atoms with E-state index in [1.54, 1.807) is 18.2 Å². The van der Waals surface area contributed by atoms with Crippen molar-refractivity contribution in [1.29, 1.82) is 0 Å². The maximum atomic E-state index is 10.4. The van der Waals surface area contributed by atoms with Crippen LogP contribution in [-0.2, 0) is 20.2 Å². The molecule has 0 spiro atoms. The molecule has 0 fully saturated rings. The van der Waals surface area contributed by atoms with E-state index in [0.29, 0.717) is 6.26 Å². The SMILES string of the molecule is CS(=O)(=O)O.O=S(=O)(O)c1ccccc1. The number of rotatable bonds is 1. The second kappa shape index (κ2) is 5.21. The second-order valence-corrected chi connectivity index (χ2v) is 5.41. The van der Waals surface area contributed by atoms with Crippen LogP contribution < -0.4 is 0 Å². The minimum Gasteiger partial charge on any atom is -0.286 e. The predicted molar refractivity (Wildman–Crippen MR) is 53.7 cm³/mol. The van der Waals surface area contributed by atoms with Crippen LogP contribution in [0.5, 0.6) is 0 Å². The van der Waals surface area contributed by atoms with Gasteiger partial charge < -0.3 is 0 Å². The molecule has 0 atom stereocenters. The van der Waals surface area contributed by atoms with Gasteiger partial charge in [0.15, 0.2) is 0 Å². The Morgan fingerprint density at radius 2 is 1.27 bits per heavy atom. The summed E-state index contributed by atoms with van der Waals surface area (Å²) in [4.78, 5) is -0.0741. The van der Waals surface area contributed by atoms with Crippen molar-refractivity contribution in [1.82, 2.24) is 0 Å². The average molecular weight is 254 g/mol. The second-order valence-electron chi connectivity index (χ2n) is 2.52. The van der Waals surface area contributed by atoms with Crippen molar-refractivity contribution < 1.29 is 25.9 Å². The molecule has 8 heteroatoms. The summed E-state index contributed by atoms with van der Waals surface area (Å²) in [5.74, 6) is 0. The zero-order chi connectivity index (χ0) is 12.1. The number of benzene rings is 1. The summed E-state index contributed by atoms with van der Waals surface area (Å²) < 4.78 is 55.1. The third kappa shape index (κ3) is 9.35. The van der Waals surface area contributed by atoms with Gasteiger partial charge in [-0.2, -0.15) is 16.8 Å². The Balaban J connectivity index is 0.000000336. The Morgan fingerprint density at radius 3 is 1.47 bits per heavy atom. The zero-order valence-corrected chi connectivity index (χ0v) is 9.36. The largest absolute Gasteiger partial charge is 0.294 e. The molecule has 0 aliphatic carbocycles. The molecule has 0 saturated heterocycles. The molecule has 0 saturated carbocycles. The molecule has 0 unspecified atom stereocenters. The highest BCUT2D eigenvalue weighted by Gasteiger charge is 2.05. The smallest absolute Gasteiger partial charge is 0.286 e. The van der Waals surface area contributed by atoms with Gasteiger partial charge in [-0.1, -0.05) is 18.2 Å². The summed E-state index contributed by atoms with van der Waals surface area (Å²) in [7, 11) is -7.67. The van der Waals surface area contributed by atoms with E-state index in [1.165, 1.54) is 12.1 Å². The van der Waals surface area contributed by atoms with Crippen LogP contribution in [0.2, 0.25) is 0 Å². The van der Waals surface area contributed by atoms with Crippen molar-refractivity contribution >= 4 is 20.2 Å². The third-order valence-corrected chi connectivity index (χ3v) is 1.91. The van der Waals surface area contributed by atoms with Gasteiger partial charge in [0.1, 0.15) is 0 Å². The molecule has 0 heterocycles. The predicted octanol–water partition coefficient (Wildman–Crippen LogP) is 0.437. The van der Waals surface area contributed by atoms with Gasteiger partial charge in [0.05, 0.1) is 11.2 Å². The summed E-state index contributed by atoms with van der Waals surface area (Å²) in [6.07, 6.45) is 0.715. The third-order valence-electron chi connectivity index (χ3n) is 1.04. The van der Waals surface area contributed by atoms with Crippen molar-refractivity contribution in [3.8, 4) is 0 Å². The van der Waals surface area contributed by atoms with Gasteiger partial charge in [-0.15, -0.1) is 0 Å². The lowest BCUT2D eigenvalue weighted by atomic mass is 10.4. The fourth-order valence-corrected chi connectivity index (χ4v) is 1.09. The Bertz CT molecular complexity index is 480. The van der Waals surface area contributed by atoms with Crippen molar-refractivity contribution in [3.05, 3.63) is 30.3 Å². The van der Waals surface area contributed by atoms with Crippen molar-refractivity contribution in [2.45, 2.75) is 4.90 Å². The van der Waals surface area contributed by atoms with Crippen LogP contribution in [0, 0.1) is 0 Å². The van der Waals surface area contributed by atoms with Crippen molar-refractivity contribution in [3.63, 3.8) is 0 Å². The lowest BCUT2D eigenvalue weighted by molar-refractivity contribution is 0.482. The normalized spacial score (nSPS) is 11.4. The molecule has 15 heavy (non-hydrogen) atoms. The van der Waals surface area contributed by atoms with E-state index in [9.17, 15) is 16.8 Å². The first-order chi connectivity index (χ1) is 6.61. The summed E-state index contributed by atoms with van der Waals surface area (Å²) in [6, 6.07) is 7.42. The first-order valence-electron chi connectivity index (χ1n) is 3.55. The highest BCUT2D eigenvalue weighted by atomic mass is 32.2. The molecule has 0 amide bonds.